The van der Waals surface area contributed by atoms with E-state index in [1.54, 1.807) is 12.7 Å². The Morgan fingerprint density at radius 3 is 1.02 bits per heavy atom. The first-order chi connectivity index (χ1) is 41.7. The Bertz CT molecular complexity index is 3720. The van der Waals surface area contributed by atoms with Gasteiger partial charge < -0.3 is 40.2 Å². The SMILES string of the molecule is C(=Nc1ccccc1)[N-]c1ccccc1.C(=Nc1ccccc1)[N-]c1ccccc1.[Pt].[Pt].[c-]1ccc(-c2ccccc2)cc1N1[CH-]N(c2ccccc2)c2cccnc21.[c-]1ccc(-c2ccccc2)cc1N1[CH-]N(c2ccccc2)c2cccnc21. The number of anilines is 8. The quantitative estimate of drug-likeness (QED) is 0.0687. The summed E-state index contributed by atoms with van der Waals surface area (Å²) in [4.78, 5) is 26.2. The van der Waals surface area contributed by atoms with Crippen molar-refractivity contribution in [3.05, 3.63) is 352 Å². The number of rotatable bonds is 12. The molecule has 2 aliphatic rings. The number of benzene rings is 10. The van der Waals surface area contributed by atoms with Crippen molar-refractivity contribution in [1.29, 1.82) is 0 Å². The summed E-state index contributed by atoms with van der Waals surface area (Å²) in [6, 6.07) is 108. The van der Waals surface area contributed by atoms with Crippen LogP contribution in [0, 0.1) is 25.5 Å². The van der Waals surface area contributed by atoms with Gasteiger partial charge in [-0.2, -0.15) is 36.4 Å². The second-order valence-corrected chi connectivity index (χ2v) is 18.8. The smallest absolute Gasteiger partial charge is 0.124 e. The summed E-state index contributed by atoms with van der Waals surface area (Å²) in [7, 11) is 0. The molecule has 10 aromatic carbocycles. The summed E-state index contributed by atoms with van der Waals surface area (Å²) >= 11 is 0. The standard InChI is InChI=1S/2C24H17N3.2C13H11N2.2Pt/c2*1-3-9-19(10-4-1)20-11-7-14-22(17-20)27-18-26(21-12-5-2-6-13-21)23-15-8-16-25-24(23)27;2*1-3-7-12(8-4-1)14-11-15-13-9-5-2-6-10-13;;/h2*1-13,15-18H;2*1-11H;;/q2*-2;2*-1;;. The topological polar surface area (TPSA) is 91.7 Å². The van der Waals surface area contributed by atoms with Crippen molar-refractivity contribution in [3.8, 4) is 22.3 Å². The first-order valence-electron chi connectivity index (χ1n) is 27.4. The van der Waals surface area contributed by atoms with Crippen molar-refractivity contribution in [2.75, 3.05) is 19.6 Å². The molecule has 0 N–H and O–H groups in total. The molecule has 2 aromatic heterocycles. The van der Waals surface area contributed by atoms with E-state index in [1.165, 1.54) is 11.1 Å². The first kappa shape index (κ1) is 60.6. The second kappa shape index (κ2) is 31.6. The van der Waals surface area contributed by atoms with Crippen molar-refractivity contribution >= 4 is 81.2 Å². The third kappa shape index (κ3) is 16.2. The molecular formula is C74H56N10Pt2-6. The van der Waals surface area contributed by atoms with Crippen molar-refractivity contribution in [3.63, 3.8) is 0 Å². The molecule has 0 saturated heterocycles. The van der Waals surface area contributed by atoms with E-state index in [-0.39, 0.29) is 42.1 Å². The summed E-state index contributed by atoms with van der Waals surface area (Å²) in [5, 5.41) is 8.42. The molecule has 0 unspecified atom stereocenters. The van der Waals surface area contributed by atoms with Crippen molar-refractivity contribution in [2.45, 2.75) is 0 Å². The van der Waals surface area contributed by atoms with Gasteiger partial charge in [0.1, 0.15) is 11.6 Å². The number of nitrogens with zero attached hydrogens (tertiary/aromatic N) is 10. The van der Waals surface area contributed by atoms with E-state index in [0.717, 1.165) is 79.6 Å². The predicted molar refractivity (Wildman–Crippen MR) is 348 cm³/mol. The largest absolute Gasteiger partial charge is 0.478 e. The number of aliphatic imine (C=N–C) groups is 2. The molecule has 0 amide bonds. The van der Waals surface area contributed by atoms with Crippen LogP contribution in [0.5, 0.6) is 0 Å². The van der Waals surface area contributed by atoms with Crippen molar-refractivity contribution in [1.82, 2.24) is 9.97 Å². The molecule has 12 aromatic rings. The zero-order chi connectivity index (χ0) is 56.8. The number of fused-ring (bicyclic) bond motifs is 2. The molecule has 10 nitrogen and oxygen atoms in total. The van der Waals surface area contributed by atoms with Gasteiger partial charge in [-0.3, -0.25) is 0 Å². The summed E-state index contributed by atoms with van der Waals surface area (Å²) in [5.41, 5.74) is 14.6. The molecule has 0 radical (unpaired) electrons. The molecule has 0 atom stereocenters. The van der Waals surface area contributed by atoms with Crippen molar-refractivity contribution < 1.29 is 42.1 Å². The van der Waals surface area contributed by atoms with Crippen LogP contribution < -0.4 is 19.6 Å². The minimum atomic E-state index is 0. The molecule has 12 heteroatoms. The van der Waals surface area contributed by atoms with E-state index in [4.69, 9.17) is 0 Å². The van der Waals surface area contributed by atoms with E-state index in [2.05, 4.69) is 185 Å². The molecule has 2 aliphatic heterocycles. The van der Waals surface area contributed by atoms with Crippen LogP contribution in [0.15, 0.2) is 326 Å². The van der Waals surface area contributed by atoms with Crippen molar-refractivity contribution in [2.24, 2.45) is 9.98 Å². The molecule has 0 spiro atoms. The van der Waals surface area contributed by atoms with Gasteiger partial charge in [-0.15, -0.1) is 48.0 Å². The monoisotopic (exact) mass is 1470 g/mol. The fraction of sp³-hybridized carbons (Fsp3) is 0. The Kier molecular flexibility index (Phi) is 22.3. The zero-order valence-corrected chi connectivity index (χ0v) is 51.0. The molecule has 14 rings (SSSR count). The molecule has 4 heterocycles. The summed E-state index contributed by atoms with van der Waals surface area (Å²) in [6.45, 7) is 4.15. The Morgan fingerprint density at radius 1 is 0.337 bits per heavy atom. The first-order valence-corrected chi connectivity index (χ1v) is 27.4. The molecule has 0 bridgehead atoms. The van der Waals surface area contributed by atoms with Gasteiger partial charge >= 0.3 is 0 Å². The van der Waals surface area contributed by atoms with Crippen LogP contribution in [-0.2, 0) is 42.1 Å². The Hall–Kier alpha value is -9.98. The average Bonchev–Trinajstić information content (AvgIpc) is 2.17. The maximum absolute atomic E-state index is 4.63. The second-order valence-electron chi connectivity index (χ2n) is 18.8. The van der Waals surface area contributed by atoms with Crippen LogP contribution in [0.25, 0.3) is 32.9 Å². The number of aromatic nitrogens is 2. The Labute approximate surface area is 533 Å². The van der Waals surface area contributed by atoms with Crippen LogP contribution in [0.1, 0.15) is 0 Å². The molecule has 0 aliphatic carbocycles. The van der Waals surface area contributed by atoms with Gasteiger partial charge in [-0.25, -0.2) is 9.97 Å². The van der Waals surface area contributed by atoms with Crippen LogP contribution >= 0.6 is 0 Å². The molecular weight excluding hydrogens is 1420 g/mol. The Balaban J connectivity index is 0.000000141. The zero-order valence-electron chi connectivity index (χ0n) is 46.4. The van der Waals surface area contributed by atoms with E-state index in [1.807, 2.05) is 207 Å². The average molecular weight is 1480 g/mol. The van der Waals surface area contributed by atoms with Crippen LogP contribution in [0.3, 0.4) is 0 Å². The predicted octanol–water partition coefficient (Wildman–Crippen LogP) is 20.0. The minimum Gasteiger partial charge on any atom is -0.478 e. The molecule has 0 saturated carbocycles. The van der Waals surface area contributed by atoms with E-state index in [9.17, 15) is 0 Å². The van der Waals surface area contributed by atoms with E-state index >= 15 is 0 Å². The van der Waals surface area contributed by atoms with Gasteiger partial charge in [0.05, 0.1) is 11.4 Å². The third-order valence-electron chi connectivity index (χ3n) is 13.2. The van der Waals surface area contributed by atoms with Crippen LogP contribution in [0.4, 0.5) is 68.5 Å². The van der Waals surface area contributed by atoms with E-state index in [0.29, 0.717) is 0 Å². The van der Waals surface area contributed by atoms with Gasteiger partial charge in [-0.05, 0) is 82.4 Å². The minimum absolute atomic E-state index is 0. The number of para-hydroxylation sites is 6. The molecule has 428 valence electrons. The van der Waals surface area contributed by atoms with Gasteiger partial charge in [0, 0.05) is 65.9 Å². The van der Waals surface area contributed by atoms with Crippen LogP contribution in [-0.4, -0.2) is 22.6 Å². The van der Waals surface area contributed by atoms with E-state index < -0.39 is 0 Å². The maximum atomic E-state index is 4.63. The summed E-state index contributed by atoms with van der Waals surface area (Å²) < 4.78 is 0. The van der Waals surface area contributed by atoms with Gasteiger partial charge in [0.15, 0.2) is 0 Å². The third-order valence-corrected chi connectivity index (χ3v) is 13.2. The van der Waals surface area contributed by atoms with Gasteiger partial charge in [0.2, 0.25) is 0 Å². The fourth-order valence-electron chi connectivity index (χ4n) is 9.12. The Morgan fingerprint density at radius 2 is 0.663 bits per heavy atom. The normalized spacial score (nSPS) is 11.7. The van der Waals surface area contributed by atoms with Gasteiger partial charge in [-0.1, -0.05) is 231 Å². The van der Waals surface area contributed by atoms with Gasteiger partial charge in [0.25, 0.3) is 0 Å². The van der Waals surface area contributed by atoms with Crippen LogP contribution in [0.2, 0.25) is 0 Å². The fourth-order valence-corrected chi connectivity index (χ4v) is 9.12. The number of pyridine rings is 2. The number of hydrogen-bond acceptors (Lipinski definition) is 8. The summed E-state index contributed by atoms with van der Waals surface area (Å²) in [6.07, 6.45) is 6.81. The maximum Gasteiger partial charge on any atom is 0.124 e. The number of hydrogen-bond donors (Lipinski definition) is 0. The molecule has 86 heavy (non-hydrogen) atoms. The molecule has 0 fully saturated rings. The summed E-state index contributed by atoms with van der Waals surface area (Å²) in [5.74, 6) is 1.81.